The molecule has 3 heterocycles. The van der Waals surface area contributed by atoms with E-state index in [2.05, 4.69) is 15.2 Å². The Hall–Kier alpha value is -2.56. The summed E-state index contributed by atoms with van der Waals surface area (Å²) in [5.74, 6) is -0.149. The lowest BCUT2D eigenvalue weighted by Gasteiger charge is -2.20. The molecule has 0 bridgehead atoms. The van der Waals surface area contributed by atoms with E-state index >= 15 is 0 Å². The number of nitrogens with one attached hydrogen (secondary N) is 2. The molecule has 0 atom stereocenters. The van der Waals surface area contributed by atoms with Crippen LogP contribution in [0.1, 0.15) is 44.8 Å². The molecular weight excluding hydrogens is 290 g/mol. The first kappa shape index (κ1) is 14.1. The van der Waals surface area contributed by atoms with Crippen LogP contribution in [0.2, 0.25) is 0 Å². The number of aryl methyl sites for hydroxylation is 1. The van der Waals surface area contributed by atoms with Crippen LogP contribution in [-0.2, 0) is 19.4 Å². The van der Waals surface area contributed by atoms with Gasteiger partial charge in [-0.3, -0.25) is 9.59 Å². The first-order valence-electron chi connectivity index (χ1n) is 8.13. The number of hydrogen-bond donors (Lipinski definition) is 2. The lowest BCUT2D eigenvalue weighted by Crippen LogP contribution is -2.32. The Kier molecular flexibility index (Phi) is 3.41. The van der Waals surface area contributed by atoms with Gasteiger partial charge in [-0.2, -0.15) is 0 Å². The number of carbonyl (C=O) groups excluding carboxylic acids is 2. The molecule has 2 aromatic rings. The molecule has 2 amide bonds. The van der Waals surface area contributed by atoms with E-state index < -0.39 is 0 Å². The molecule has 118 valence electrons. The molecule has 0 saturated heterocycles. The van der Waals surface area contributed by atoms with Crippen molar-refractivity contribution in [2.75, 3.05) is 11.9 Å². The molecular formula is C18H19N3O2. The number of amides is 2. The van der Waals surface area contributed by atoms with Crippen LogP contribution in [0, 0.1) is 0 Å². The number of aromatic nitrogens is 1. The Labute approximate surface area is 134 Å². The van der Waals surface area contributed by atoms with Gasteiger partial charge in [0.1, 0.15) is 0 Å². The van der Waals surface area contributed by atoms with Gasteiger partial charge >= 0.3 is 0 Å². The van der Waals surface area contributed by atoms with Gasteiger partial charge in [-0.15, -0.1) is 0 Å². The molecule has 0 unspecified atom stereocenters. The molecule has 2 aliphatic heterocycles. The second-order valence-electron chi connectivity index (χ2n) is 6.12. The lowest BCUT2D eigenvalue weighted by atomic mass is 9.98. The van der Waals surface area contributed by atoms with Gasteiger partial charge in [-0.25, -0.2) is 0 Å². The highest BCUT2D eigenvalue weighted by Crippen LogP contribution is 2.25. The van der Waals surface area contributed by atoms with Gasteiger partial charge in [0.15, 0.2) is 0 Å². The van der Waals surface area contributed by atoms with Gasteiger partial charge in [0, 0.05) is 36.2 Å². The third-order valence-corrected chi connectivity index (χ3v) is 4.72. The first-order chi connectivity index (χ1) is 11.2. The maximum absolute atomic E-state index is 12.7. The molecule has 4 rings (SSSR count). The summed E-state index contributed by atoms with van der Waals surface area (Å²) in [6, 6.07) is 7.39. The predicted octanol–water partition coefficient (Wildman–Crippen LogP) is 2.36. The van der Waals surface area contributed by atoms with E-state index in [-0.39, 0.29) is 11.8 Å². The fraction of sp³-hybridized carbons (Fsp3) is 0.333. The molecule has 0 saturated carbocycles. The quantitative estimate of drug-likeness (QED) is 0.894. The molecule has 2 aliphatic rings. The van der Waals surface area contributed by atoms with Crippen LogP contribution < -0.4 is 10.6 Å². The van der Waals surface area contributed by atoms with Crippen molar-refractivity contribution in [2.45, 2.75) is 32.2 Å². The van der Waals surface area contributed by atoms with E-state index in [9.17, 15) is 9.59 Å². The van der Waals surface area contributed by atoms with Gasteiger partial charge in [0.2, 0.25) is 0 Å². The molecule has 0 spiro atoms. The Balaban J connectivity index is 1.64. The van der Waals surface area contributed by atoms with Crippen molar-refractivity contribution in [3.05, 3.63) is 52.8 Å². The van der Waals surface area contributed by atoms with Crippen molar-refractivity contribution in [2.24, 2.45) is 0 Å². The van der Waals surface area contributed by atoms with Crippen molar-refractivity contribution in [3.63, 3.8) is 0 Å². The summed E-state index contributed by atoms with van der Waals surface area (Å²) in [6.45, 7) is 1.60. The lowest BCUT2D eigenvalue weighted by molar-refractivity contribution is 0.0944. The molecule has 2 N–H and O–H groups in total. The Morgan fingerprint density at radius 3 is 3.00 bits per heavy atom. The number of rotatable bonds is 2. The van der Waals surface area contributed by atoms with Crippen molar-refractivity contribution in [1.29, 1.82) is 0 Å². The zero-order valence-corrected chi connectivity index (χ0v) is 12.9. The minimum Gasteiger partial charge on any atom is -0.352 e. The van der Waals surface area contributed by atoms with Gasteiger partial charge < -0.3 is 15.2 Å². The highest BCUT2D eigenvalue weighted by atomic mass is 16.2. The molecule has 0 fully saturated rings. The van der Waals surface area contributed by atoms with E-state index in [1.165, 1.54) is 6.42 Å². The van der Waals surface area contributed by atoms with Gasteiger partial charge in [0.05, 0.1) is 5.56 Å². The minimum atomic E-state index is -0.0833. The SMILES string of the molecule is O=C1NCCc2c(NC(=O)c3ccn4c3CCCC4)cccc21. The maximum atomic E-state index is 12.7. The summed E-state index contributed by atoms with van der Waals surface area (Å²) in [5, 5.41) is 5.84. The fourth-order valence-electron chi connectivity index (χ4n) is 3.55. The van der Waals surface area contributed by atoms with Crippen LogP contribution in [0.25, 0.3) is 0 Å². The molecule has 5 heteroatoms. The van der Waals surface area contributed by atoms with Crippen molar-refractivity contribution in [3.8, 4) is 0 Å². The summed E-state index contributed by atoms with van der Waals surface area (Å²) < 4.78 is 2.17. The topological polar surface area (TPSA) is 63.1 Å². The van der Waals surface area contributed by atoms with E-state index in [1.54, 1.807) is 6.07 Å². The first-order valence-corrected chi connectivity index (χ1v) is 8.13. The van der Waals surface area contributed by atoms with Crippen LogP contribution in [0.4, 0.5) is 5.69 Å². The van der Waals surface area contributed by atoms with Gasteiger partial charge in [-0.1, -0.05) is 6.07 Å². The standard InChI is InChI=1S/C18H19N3O2/c22-17-13-4-3-5-15(12(13)7-9-19-17)20-18(23)14-8-11-21-10-2-1-6-16(14)21/h3-5,8,11H,1-2,6-7,9-10H2,(H,19,22)(H,20,23). The number of fused-ring (bicyclic) bond motifs is 2. The number of carbonyl (C=O) groups is 2. The Bertz CT molecular complexity index is 792. The molecule has 23 heavy (non-hydrogen) atoms. The number of anilines is 1. The van der Waals surface area contributed by atoms with Crippen molar-refractivity contribution in [1.82, 2.24) is 9.88 Å². The van der Waals surface area contributed by atoms with Crippen LogP contribution >= 0.6 is 0 Å². The largest absolute Gasteiger partial charge is 0.352 e. The Morgan fingerprint density at radius 1 is 1.17 bits per heavy atom. The third-order valence-electron chi connectivity index (χ3n) is 4.72. The van der Waals surface area contributed by atoms with Crippen LogP contribution in [0.15, 0.2) is 30.5 Å². The highest BCUT2D eigenvalue weighted by molar-refractivity contribution is 6.07. The second kappa shape index (κ2) is 5.57. The summed E-state index contributed by atoms with van der Waals surface area (Å²) in [5.41, 5.74) is 4.21. The van der Waals surface area contributed by atoms with E-state index in [0.29, 0.717) is 12.1 Å². The minimum absolute atomic E-state index is 0.0661. The maximum Gasteiger partial charge on any atom is 0.257 e. The smallest absolute Gasteiger partial charge is 0.257 e. The summed E-state index contributed by atoms with van der Waals surface area (Å²) in [6.07, 6.45) is 5.99. The zero-order valence-electron chi connectivity index (χ0n) is 12.9. The molecule has 1 aromatic carbocycles. The molecule has 5 nitrogen and oxygen atoms in total. The van der Waals surface area contributed by atoms with Crippen LogP contribution in [0.5, 0.6) is 0 Å². The number of hydrogen-bond acceptors (Lipinski definition) is 2. The van der Waals surface area contributed by atoms with Crippen molar-refractivity contribution >= 4 is 17.5 Å². The predicted molar refractivity (Wildman–Crippen MR) is 87.8 cm³/mol. The summed E-state index contributed by atoms with van der Waals surface area (Å²) in [4.78, 5) is 24.6. The monoisotopic (exact) mass is 309 g/mol. The van der Waals surface area contributed by atoms with E-state index in [0.717, 1.165) is 48.3 Å². The normalized spacial score (nSPS) is 16.3. The third kappa shape index (κ3) is 2.42. The van der Waals surface area contributed by atoms with Gasteiger partial charge in [-0.05, 0) is 49.4 Å². The second-order valence-corrected chi connectivity index (χ2v) is 6.12. The fourth-order valence-corrected chi connectivity index (χ4v) is 3.55. The number of nitrogens with zero attached hydrogens (tertiary/aromatic N) is 1. The van der Waals surface area contributed by atoms with Crippen LogP contribution in [-0.4, -0.2) is 22.9 Å². The Morgan fingerprint density at radius 2 is 2.09 bits per heavy atom. The van der Waals surface area contributed by atoms with E-state index in [1.807, 2.05) is 24.4 Å². The molecule has 0 radical (unpaired) electrons. The summed E-state index contributed by atoms with van der Waals surface area (Å²) in [7, 11) is 0. The molecule has 1 aromatic heterocycles. The average Bonchev–Trinajstić information content (AvgIpc) is 3.00. The number of benzene rings is 1. The van der Waals surface area contributed by atoms with E-state index in [4.69, 9.17) is 0 Å². The molecule has 0 aliphatic carbocycles. The summed E-state index contributed by atoms with van der Waals surface area (Å²) >= 11 is 0. The van der Waals surface area contributed by atoms with Gasteiger partial charge in [0.25, 0.3) is 11.8 Å². The van der Waals surface area contributed by atoms with Crippen molar-refractivity contribution < 1.29 is 9.59 Å². The highest BCUT2D eigenvalue weighted by Gasteiger charge is 2.22. The van der Waals surface area contributed by atoms with Crippen LogP contribution in [0.3, 0.4) is 0 Å². The average molecular weight is 309 g/mol. The zero-order chi connectivity index (χ0) is 15.8.